The van der Waals surface area contributed by atoms with E-state index in [0.29, 0.717) is 12.3 Å². The van der Waals surface area contributed by atoms with Crippen LogP contribution in [0.2, 0.25) is 0 Å². The minimum atomic E-state index is -3.45. The molecule has 1 unspecified atom stereocenters. The lowest BCUT2D eigenvalue weighted by Crippen LogP contribution is -2.36. The molecule has 5 nitrogen and oxygen atoms in total. The molecule has 0 aromatic carbocycles. The first-order valence-corrected chi connectivity index (χ1v) is 7.35. The van der Waals surface area contributed by atoms with Crippen LogP contribution < -0.4 is 4.74 Å². The van der Waals surface area contributed by atoms with Crippen molar-refractivity contribution in [3.8, 4) is 5.88 Å². The van der Waals surface area contributed by atoms with Crippen molar-refractivity contribution in [2.45, 2.75) is 44.8 Å². The molecule has 140 valence electrons. The number of halogens is 5. The maximum atomic E-state index is 14.1. The molecule has 0 N–H and O–H groups in total. The van der Waals surface area contributed by atoms with E-state index in [1.54, 1.807) is 20.8 Å². The number of hydrogen-bond donors (Lipinski definition) is 0. The Labute approximate surface area is 140 Å². The highest BCUT2D eigenvalue weighted by atomic mass is 19.3. The molecule has 1 aliphatic rings. The summed E-state index contributed by atoms with van der Waals surface area (Å²) in [5.41, 5.74) is -1.87. The molecule has 0 saturated carbocycles. The number of alkyl halides is 4. The van der Waals surface area contributed by atoms with Gasteiger partial charge < -0.3 is 9.47 Å². The molecule has 25 heavy (non-hydrogen) atoms. The third-order valence-electron chi connectivity index (χ3n) is 3.27. The Morgan fingerprint density at radius 1 is 1.40 bits per heavy atom. The van der Waals surface area contributed by atoms with E-state index >= 15 is 0 Å². The third kappa shape index (κ3) is 4.70. The van der Waals surface area contributed by atoms with Crippen LogP contribution in [0.4, 0.5) is 26.7 Å². The van der Waals surface area contributed by atoms with Crippen molar-refractivity contribution >= 4 is 6.09 Å². The summed E-state index contributed by atoms with van der Waals surface area (Å²) in [6.45, 7) is 3.28. The number of aromatic nitrogens is 1. The average Bonchev–Trinajstić information content (AvgIpc) is 2.74. The van der Waals surface area contributed by atoms with Crippen LogP contribution in [0.5, 0.6) is 5.88 Å². The van der Waals surface area contributed by atoms with E-state index in [2.05, 4.69) is 4.98 Å². The van der Waals surface area contributed by atoms with E-state index in [0.717, 1.165) is 4.90 Å². The largest absolute Gasteiger partial charge is 0.466 e. The molecule has 1 aromatic heterocycles. The van der Waals surface area contributed by atoms with Gasteiger partial charge in [-0.2, -0.15) is 0 Å². The van der Waals surface area contributed by atoms with Crippen LogP contribution in [-0.2, 0) is 4.74 Å². The zero-order valence-electron chi connectivity index (χ0n) is 13.7. The molecule has 1 atom stereocenters. The lowest BCUT2D eigenvalue weighted by atomic mass is 10.2. The van der Waals surface area contributed by atoms with Gasteiger partial charge in [0.2, 0.25) is 5.88 Å². The molecule has 1 amide bonds. The predicted octanol–water partition coefficient (Wildman–Crippen LogP) is 3.79. The maximum Gasteiger partial charge on any atom is 0.410 e. The molecule has 0 spiro atoms. The Bertz CT molecular complexity index is 649. The molecule has 0 radical (unpaired) electrons. The second kappa shape index (κ2) is 6.64. The highest BCUT2D eigenvalue weighted by Crippen LogP contribution is 2.33. The number of rotatable bonds is 3. The van der Waals surface area contributed by atoms with E-state index in [9.17, 15) is 26.7 Å². The van der Waals surface area contributed by atoms with Crippen molar-refractivity contribution in [2.75, 3.05) is 13.1 Å². The normalized spacial score (nSPS) is 20.0. The van der Waals surface area contributed by atoms with E-state index in [-0.39, 0.29) is 0 Å². The van der Waals surface area contributed by atoms with Gasteiger partial charge in [-0.1, -0.05) is 0 Å². The second-order valence-corrected chi connectivity index (χ2v) is 6.57. The lowest BCUT2D eigenvalue weighted by Gasteiger charge is -2.24. The summed E-state index contributed by atoms with van der Waals surface area (Å²) in [6, 6.07) is 0.562. The minimum absolute atomic E-state index is 0.468. The van der Waals surface area contributed by atoms with E-state index < -0.39 is 60.5 Å². The Morgan fingerprint density at radius 3 is 2.60 bits per heavy atom. The summed E-state index contributed by atoms with van der Waals surface area (Å²) in [5, 5.41) is 0. The van der Waals surface area contributed by atoms with Gasteiger partial charge >= 0.3 is 12.0 Å². The summed E-state index contributed by atoms with van der Waals surface area (Å²) < 4.78 is 76.6. The van der Waals surface area contributed by atoms with E-state index in [4.69, 9.17) is 9.47 Å². The SMILES string of the molecule is CC(C)(C)OC(=O)N1CC(Oc2cc(C(F)F)c(F)cn2)C(F)(F)C1. The standard InChI is InChI=1S/C15H17F5N2O3/c1-14(2,3)25-13(23)22-6-10(15(19,20)7-22)24-11-4-8(12(17)18)9(16)5-21-11/h4-5,10,12H,6-7H2,1-3H3. The molecule has 1 aliphatic heterocycles. The smallest absolute Gasteiger partial charge is 0.410 e. The molecule has 2 rings (SSSR count). The number of carbonyl (C=O) groups excluding carboxylic acids is 1. The summed E-state index contributed by atoms with van der Waals surface area (Å²) >= 11 is 0. The first-order chi connectivity index (χ1) is 11.4. The van der Waals surface area contributed by atoms with Gasteiger partial charge in [0.15, 0.2) is 11.9 Å². The number of nitrogens with zero attached hydrogens (tertiary/aromatic N) is 2. The Hall–Kier alpha value is -2.13. The van der Waals surface area contributed by atoms with Crippen LogP contribution in [0.3, 0.4) is 0 Å². The van der Waals surface area contributed by atoms with Gasteiger partial charge in [0.1, 0.15) is 5.60 Å². The number of pyridine rings is 1. The van der Waals surface area contributed by atoms with E-state index in [1.165, 1.54) is 0 Å². The fourth-order valence-corrected chi connectivity index (χ4v) is 2.16. The van der Waals surface area contributed by atoms with Crippen LogP contribution >= 0.6 is 0 Å². The average molecular weight is 368 g/mol. The zero-order chi connectivity index (χ0) is 19.0. The van der Waals surface area contributed by atoms with Gasteiger partial charge in [-0.3, -0.25) is 4.90 Å². The first-order valence-electron chi connectivity index (χ1n) is 7.35. The van der Waals surface area contributed by atoms with Gasteiger partial charge in [-0.15, -0.1) is 0 Å². The fourth-order valence-electron chi connectivity index (χ4n) is 2.16. The fraction of sp³-hybridized carbons (Fsp3) is 0.600. The number of amides is 1. The number of carbonyl (C=O) groups is 1. The molecular formula is C15H17F5N2O3. The molecule has 1 aromatic rings. The van der Waals surface area contributed by atoms with Gasteiger partial charge in [0.05, 0.1) is 24.8 Å². The van der Waals surface area contributed by atoms with Crippen molar-refractivity contribution in [1.82, 2.24) is 9.88 Å². The zero-order valence-corrected chi connectivity index (χ0v) is 13.7. The molecular weight excluding hydrogens is 351 g/mol. The maximum absolute atomic E-state index is 14.1. The summed E-state index contributed by atoms with van der Waals surface area (Å²) in [7, 11) is 0. The predicted molar refractivity (Wildman–Crippen MR) is 76.3 cm³/mol. The van der Waals surface area contributed by atoms with Gasteiger partial charge in [-0.05, 0) is 20.8 Å². The van der Waals surface area contributed by atoms with Gasteiger partial charge in [-0.25, -0.2) is 31.7 Å². The van der Waals surface area contributed by atoms with Crippen LogP contribution in [0.1, 0.15) is 32.8 Å². The summed E-state index contributed by atoms with van der Waals surface area (Å²) in [6.07, 6.45) is -5.44. The van der Waals surface area contributed by atoms with Crippen LogP contribution in [0.15, 0.2) is 12.3 Å². The van der Waals surface area contributed by atoms with Crippen molar-refractivity contribution < 1.29 is 36.2 Å². The minimum Gasteiger partial charge on any atom is -0.466 e. The molecule has 2 heterocycles. The molecule has 0 aliphatic carbocycles. The quantitative estimate of drug-likeness (QED) is 0.762. The molecule has 1 saturated heterocycles. The molecule has 0 bridgehead atoms. The highest BCUT2D eigenvalue weighted by molar-refractivity contribution is 5.68. The molecule has 10 heteroatoms. The number of ether oxygens (including phenoxy) is 2. The molecule has 1 fully saturated rings. The lowest BCUT2D eigenvalue weighted by molar-refractivity contribution is -0.0638. The van der Waals surface area contributed by atoms with Crippen LogP contribution in [-0.4, -0.2) is 46.7 Å². The summed E-state index contributed by atoms with van der Waals surface area (Å²) in [5.74, 6) is -5.29. The first kappa shape index (κ1) is 19.2. The van der Waals surface area contributed by atoms with Crippen molar-refractivity contribution in [3.63, 3.8) is 0 Å². The van der Waals surface area contributed by atoms with Gasteiger partial charge in [0, 0.05) is 6.07 Å². The third-order valence-corrected chi connectivity index (χ3v) is 3.27. The monoisotopic (exact) mass is 368 g/mol. The van der Waals surface area contributed by atoms with E-state index in [1.807, 2.05) is 0 Å². The van der Waals surface area contributed by atoms with Crippen LogP contribution in [0.25, 0.3) is 0 Å². The second-order valence-electron chi connectivity index (χ2n) is 6.57. The number of hydrogen-bond acceptors (Lipinski definition) is 4. The topological polar surface area (TPSA) is 51.7 Å². The van der Waals surface area contributed by atoms with Crippen molar-refractivity contribution in [1.29, 1.82) is 0 Å². The van der Waals surface area contributed by atoms with Crippen LogP contribution in [0, 0.1) is 5.82 Å². The van der Waals surface area contributed by atoms with Crippen molar-refractivity contribution in [3.05, 3.63) is 23.6 Å². The van der Waals surface area contributed by atoms with Gasteiger partial charge in [0.25, 0.3) is 6.43 Å². The number of likely N-dealkylation sites (tertiary alicyclic amines) is 1. The Morgan fingerprint density at radius 2 is 2.04 bits per heavy atom. The van der Waals surface area contributed by atoms with Crippen molar-refractivity contribution in [2.24, 2.45) is 0 Å². The summed E-state index contributed by atoms with van der Waals surface area (Å²) in [4.78, 5) is 16.0. The Balaban J connectivity index is 2.12. The Kier molecular flexibility index (Phi) is 5.10. The highest BCUT2D eigenvalue weighted by Gasteiger charge is 2.52.